The van der Waals surface area contributed by atoms with Gasteiger partial charge >= 0.3 is 6.09 Å². The van der Waals surface area contributed by atoms with Crippen molar-refractivity contribution in [2.24, 2.45) is 0 Å². The molecular weight excluding hydrogens is 258 g/mol. The summed E-state index contributed by atoms with van der Waals surface area (Å²) in [6.07, 6.45) is 0.133. The molecule has 0 aliphatic rings. The summed E-state index contributed by atoms with van der Waals surface area (Å²) in [6.45, 7) is 0. The van der Waals surface area contributed by atoms with Crippen LogP contribution in [0.25, 0.3) is 0 Å². The first-order valence-electron chi connectivity index (χ1n) is 4.89. The molecule has 0 saturated heterocycles. The van der Waals surface area contributed by atoms with Gasteiger partial charge in [0.25, 0.3) is 0 Å². The number of hydrogen-bond donors (Lipinski definition) is 2. The van der Waals surface area contributed by atoms with Crippen molar-refractivity contribution in [3.8, 4) is 11.6 Å². The molecule has 92 valence electrons. The Hall–Kier alpha value is -2.34. The molecule has 18 heavy (non-hydrogen) atoms. The number of ether oxygens (including phenoxy) is 1. The standard InChI is InChI=1S/C11H8ClN3O3/c12-9-5-10(14-6-13-9)18-8-3-1-2-7(4-8)15-11(16)17/h1-6,15H,(H,16,17). The molecule has 0 bridgehead atoms. The molecule has 0 radical (unpaired) electrons. The van der Waals surface area contributed by atoms with Gasteiger partial charge in [0, 0.05) is 17.8 Å². The molecule has 0 saturated carbocycles. The third kappa shape index (κ3) is 3.33. The Labute approximate surface area is 107 Å². The Morgan fingerprint density at radius 1 is 1.33 bits per heavy atom. The molecule has 2 N–H and O–H groups in total. The lowest BCUT2D eigenvalue weighted by molar-refractivity contribution is 0.210. The number of rotatable bonds is 3. The molecule has 1 aromatic carbocycles. The van der Waals surface area contributed by atoms with Gasteiger partial charge in [-0.05, 0) is 12.1 Å². The first-order chi connectivity index (χ1) is 8.63. The quantitative estimate of drug-likeness (QED) is 0.834. The minimum absolute atomic E-state index is 0.264. The fourth-order valence-electron chi connectivity index (χ4n) is 1.25. The van der Waals surface area contributed by atoms with Gasteiger partial charge in [-0.1, -0.05) is 17.7 Å². The van der Waals surface area contributed by atoms with Crippen LogP contribution >= 0.6 is 11.6 Å². The summed E-state index contributed by atoms with van der Waals surface area (Å²) in [7, 11) is 0. The normalized spacial score (nSPS) is 9.83. The average Bonchev–Trinajstić information content (AvgIpc) is 2.28. The molecule has 0 fully saturated rings. The molecule has 1 heterocycles. The van der Waals surface area contributed by atoms with Gasteiger partial charge < -0.3 is 9.84 Å². The smallest absolute Gasteiger partial charge is 0.409 e. The van der Waals surface area contributed by atoms with E-state index < -0.39 is 6.09 Å². The summed E-state index contributed by atoms with van der Waals surface area (Å²) in [5.41, 5.74) is 0.403. The van der Waals surface area contributed by atoms with Crippen LogP contribution in [0.3, 0.4) is 0 Å². The maximum absolute atomic E-state index is 10.5. The topological polar surface area (TPSA) is 84.3 Å². The van der Waals surface area contributed by atoms with Crippen molar-refractivity contribution >= 4 is 23.4 Å². The van der Waals surface area contributed by atoms with Crippen LogP contribution in [0.15, 0.2) is 36.7 Å². The third-order valence-corrected chi connectivity index (χ3v) is 2.12. The number of benzene rings is 1. The zero-order chi connectivity index (χ0) is 13.0. The van der Waals surface area contributed by atoms with Crippen molar-refractivity contribution in [2.75, 3.05) is 5.32 Å². The highest BCUT2D eigenvalue weighted by molar-refractivity contribution is 6.29. The van der Waals surface area contributed by atoms with Gasteiger partial charge in [-0.25, -0.2) is 14.8 Å². The van der Waals surface area contributed by atoms with Gasteiger partial charge in [0.2, 0.25) is 5.88 Å². The van der Waals surface area contributed by atoms with Crippen molar-refractivity contribution in [1.29, 1.82) is 0 Å². The minimum atomic E-state index is -1.14. The number of nitrogens with one attached hydrogen (secondary N) is 1. The van der Waals surface area contributed by atoms with Gasteiger partial charge in [-0.3, -0.25) is 5.32 Å². The van der Waals surface area contributed by atoms with Gasteiger partial charge in [-0.2, -0.15) is 0 Å². The van der Waals surface area contributed by atoms with E-state index in [1.807, 2.05) is 0 Å². The molecule has 1 aromatic heterocycles. The predicted molar refractivity (Wildman–Crippen MR) is 65.2 cm³/mol. The molecule has 0 unspecified atom stereocenters. The summed E-state index contributed by atoms with van der Waals surface area (Å²) in [6, 6.07) is 7.92. The Kier molecular flexibility index (Phi) is 3.59. The number of aromatic nitrogens is 2. The van der Waals surface area contributed by atoms with Crippen LogP contribution in [0.1, 0.15) is 0 Å². The Morgan fingerprint density at radius 2 is 2.17 bits per heavy atom. The molecule has 0 spiro atoms. The van der Waals surface area contributed by atoms with Gasteiger partial charge in [-0.15, -0.1) is 0 Å². The zero-order valence-corrected chi connectivity index (χ0v) is 9.76. The SMILES string of the molecule is O=C(O)Nc1cccc(Oc2cc(Cl)ncn2)c1. The van der Waals surface area contributed by atoms with Gasteiger partial charge in [0.1, 0.15) is 17.2 Å². The highest BCUT2D eigenvalue weighted by Crippen LogP contribution is 2.23. The number of carbonyl (C=O) groups is 1. The van der Waals surface area contributed by atoms with E-state index in [9.17, 15) is 4.79 Å². The van der Waals surface area contributed by atoms with Crippen molar-refractivity contribution in [2.45, 2.75) is 0 Å². The lowest BCUT2D eigenvalue weighted by Crippen LogP contribution is -2.06. The number of hydrogen-bond acceptors (Lipinski definition) is 4. The summed E-state index contributed by atoms with van der Waals surface area (Å²) < 4.78 is 5.41. The highest BCUT2D eigenvalue weighted by Gasteiger charge is 2.03. The fraction of sp³-hybridized carbons (Fsp3) is 0. The number of carboxylic acid groups (broad SMARTS) is 1. The Bertz CT molecular complexity index is 577. The second-order valence-electron chi connectivity index (χ2n) is 3.24. The number of amides is 1. The predicted octanol–water partition coefficient (Wildman–Crippen LogP) is 3.01. The summed E-state index contributed by atoms with van der Waals surface area (Å²) in [4.78, 5) is 18.1. The lowest BCUT2D eigenvalue weighted by atomic mass is 10.3. The van der Waals surface area contributed by atoms with Crippen LogP contribution in [-0.4, -0.2) is 21.2 Å². The Morgan fingerprint density at radius 3 is 2.89 bits per heavy atom. The second-order valence-corrected chi connectivity index (χ2v) is 3.63. The first-order valence-corrected chi connectivity index (χ1v) is 5.27. The highest BCUT2D eigenvalue weighted by atomic mass is 35.5. The van der Waals surface area contributed by atoms with E-state index in [2.05, 4.69) is 15.3 Å². The van der Waals surface area contributed by atoms with Crippen molar-refractivity contribution in [3.63, 3.8) is 0 Å². The summed E-state index contributed by atoms with van der Waals surface area (Å²) in [5.74, 6) is 0.721. The van der Waals surface area contributed by atoms with Crippen molar-refractivity contribution < 1.29 is 14.6 Å². The molecule has 0 aliphatic carbocycles. The van der Waals surface area contributed by atoms with E-state index in [0.717, 1.165) is 0 Å². The zero-order valence-electron chi connectivity index (χ0n) is 9.00. The monoisotopic (exact) mass is 265 g/mol. The molecule has 0 aliphatic heterocycles. The molecule has 2 rings (SSSR count). The largest absolute Gasteiger partial charge is 0.465 e. The van der Waals surface area contributed by atoms with E-state index >= 15 is 0 Å². The Balaban J connectivity index is 2.16. The van der Waals surface area contributed by atoms with Crippen LogP contribution in [0.5, 0.6) is 11.6 Å². The average molecular weight is 266 g/mol. The van der Waals surface area contributed by atoms with Crippen LogP contribution in [0, 0.1) is 0 Å². The van der Waals surface area contributed by atoms with Crippen molar-refractivity contribution in [1.82, 2.24) is 9.97 Å². The van der Waals surface area contributed by atoms with Crippen LogP contribution < -0.4 is 10.1 Å². The van der Waals surface area contributed by atoms with E-state index in [1.165, 1.54) is 18.5 Å². The van der Waals surface area contributed by atoms with Crippen LogP contribution in [0.4, 0.5) is 10.5 Å². The van der Waals surface area contributed by atoms with Gasteiger partial charge in [0.15, 0.2) is 0 Å². The van der Waals surface area contributed by atoms with E-state index in [-0.39, 0.29) is 11.0 Å². The van der Waals surface area contributed by atoms with Crippen LogP contribution in [0.2, 0.25) is 5.15 Å². The summed E-state index contributed by atoms with van der Waals surface area (Å²) in [5, 5.41) is 11.1. The molecule has 6 nitrogen and oxygen atoms in total. The molecular formula is C11H8ClN3O3. The maximum Gasteiger partial charge on any atom is 0.409 e. The maximum atomic E-state index is 10.5. The molecule has 0 atom stereocenters. The van der Waals surface area contributed by atoms with E-state index in [4.69, 9.17) is 21.4 Å². The van der Waals surface area contributed by atoms with Crippen LogP contribution in [-0.2, 0) is 0 Å². The number of nitrogens with zero attached hydrogens (tertiary/aromatic N) is 2. The van der Waals surface area contributed by atoms with Gasteiger partial charge in [0.05, 0.1) is 0 Å². The van der Waals surface area contributed by atoms with E-state index in [1.54, 1.807) is 18.2 Å². The minimum Gasteiger partial charge on any atom is -0.465 e. The summed E-state index contributed by atoms with van der Waals surface area (Å²) >= 11 is 5.69. The lowest BCUT2D eigenvalue weighted by Gasteiger charge is -2.06. The molecule has 1 amide bonds. The number of halogens is 1. The van der Waals surface area contributed by atoms with E-state index in [0.29, 0.717) is 11.4 Å². The molecule has 7 heteroatoms. The first kappa shape index (κ1) is 12.1. The van der Waals surface area contributed by atoms with Crippen molar-refractivity contribution in [3.05, 3.63) is 41.8 Å². The second kappa shape index (κ2) is 5.33. The molecule has 2 aromatic rings. The third-order valence-electron chi connectivity index (χ3n) is 1.92. The number of anilines is 1. The fourth-order valence-corrected chi connectivity index (χ4v) is 1.39.